The van der Waals surface area contributed by atoms with Gasteiger partial charge in [0, 0.05) is 12.6 Å². The smallest absolute Gasteiger partial charge is 0.0784 e. The van der Waals surface area contributed by atoms with Crippen molar-refractivity contribution < 1.29 is 9.47 Å². The SMILES string of the molecule is CCOCC(C)OC1CC(NC)C1. The van der Waals surface area contributed by atoms with E-state index in [2.05, 4.69) is 12.2 Å². The second kappa shape index (κ2) is 5.58. The fourth-order valence-corrected chi connectivity index (χ4v) is 1.56. The standard InChI is InChI=1S/C10H21NO2/c1-4-12-7-8(2)13-10-5-9(6-10)11-3/h8-11H,4-7H2,1-3H3. The fraction of sp³-hybridized carbons (Fsp3) is 1.00. The number of hydrogen-bond donors (Lipinski definition) is 1. The molecule has 3 heteroatoms. The van der Waals surface area contributed by atoms with E-state index in [0.29, 0.717) is 12.1 Å². The van der Waals surface area contributed by atoms with Crippen LogP contribution in [0.2, 0.25) is 0 Å². The van der Waals surface area contributed by atoms with Gasteiger partial charge in [-0.2, -0.15) is 0 Å². The van der Waals surface area contributed by atoms with Crippen molar-refractivity contribution in [3.63, 3.8) is 0 Å². The first-order valence-corrected chi connectivity index (χ1v) is 5.16. The van der Waals surface area contributed by atoms with Crippen molar-refractivity contribution in [2.45, 2.75) is 44.9 Å². The lowest BCUT2D eigenvalue weighted by Crippen LogP contribution is -2.45. The predicted octanol–water partition coefficient (Wildman–Crippen LogP) is 1.18. The molecular formula is C10H21NO2. The summed E-state index contributed by atoms with van der Waals surface area (Å²) in [5.74, 6) is 0. The average Bonchev–Trinajstić information content (AvgIpc) is 2.07. The lowest BCUT2D eigenvalue weighted by molar-refractivity contribution is -0.0838. The highest BCUT2D eigenvalue weighted by molar-refractivity contribution is 4.85. The molecule has 1 atom stereocenters. The van der Waals surface area contributed by atoms with Gasteiger partial charge in [-0.1, -0.05) is 0 Å². The molecule has 1 N–H and O–H groups in total. The summed E-state index contributed by atoms with van der Waals surface area (Å²) in [5.41, 5.74) is 0. The molecule has 0 amide bonds. The quantitative estimate of drug-likeness (QED) is 0.677. The molecule has 3 nitrogen and oxygen atoms in total. The van der Waals surface area contributed by atoms with Gasteiger partial charge >= 0.3 is 0 Å². The molecular weight excluding hydrogens is 166 g/mol. The van der Waals surface area contributed by atoms with Crippen molar-refractivity contribution in [2.75, 3.05) is 20.3 Å². The predicted molar refractivity (Wildman–Crippen MR) is 52.9 cm³/mol. The lowest BCUT2D eigenvalue weighted by Gasteiger charge is -2.36. The molecule has 0 aromatic carbocycles. The zero-order valence-corrected chi connectivity index (χ0v) is 8.88. The van der Waals surface area contributed by atoms with Crippen LogP contribution in [0.4, 0.5) is 0 Å². The largest absolute Gasteiger partial charge is 0.379 e. The first kappa shape index (κ1) is 11.0. The minimum atomic E-state index is 0.239. The van der Waals surface area contributed by atoms with Crippen molar-refractivity contribution >= 4 is 0 Å². The summed E-state index contributed by atoms with van der Waals surface area (Å²) in [6.07, 6.45) is 2.98. The van der Waals surface area contributed by atoms with Gasteiger partial charge in [0.2, 0.25) is 0 Å². The van der Waals surface area contributed by atoms with Crippen LogP contribution in [0.25, 0.3) is 0 Å². The van der Waals surface area contributed by atoms with E-state index in [1.54, 1.807) is 0 Å². The Morgan fingerprint density at radius 1 is 1.46 bits per heavy atom. The zero-order chi connectivity index (χ0) is 9.68. The normalized spacial score (nSPS) is 29.8. The summed E-state index contributed by atoms with van der Waals surface area (Å²) in [4.78, 5) is 0. The second-order valence-corrected chi connectivity index (χ2v) is 3.69. The molecule has 0 aromatic heterocycles. The molecule has 1 unspecified atom stereocenters. The van der Waals surface area contributed by atoms with Gasteiger partial charge in [-0.15, -0.1) is 0 Å². The molecule has 1 saturated carbocycles. The van der Waals surface area contributed by atoms with Gasteiger partial charge in [-0.25, -0.2) is 0 Å². The van der Waals surface area contributed by atoms with Gasteiger partial charge in [-0.3, -0.25) is 0 Å². The number of ether oxygens (including phenoxy) is 2. The van der Waals surface area contributed by atoms with E-state index in [4.69, 9.17) is 9.47 Å². The Morgan fingerprint density at radius 2 is 2.15 bits per heavy atom. The molecule has 0 radical (unpaired) electrons. The van der Waals surface area contributed by atoms with E-state index in [0.717, 1.165) is 26.1 Å². The van der Waals surface area contributed by atoms with Gasteiger partial charge in [0.25, 0.3) is 0 Å². The number of hydrogen-bond acceptors (Lipinski definition) is 3. The van der Waals surface area contributed by atoms with Crippen LogP contribution < -0.4 is 5.32 Å². The molecule has 0 heterocycles. The Hall–Kier alpha value is -0.120. The van der Waals surface area contributed by atoms with E-state index >= 15 is 0 Å². The number of rotatable bonds is 6. The first-order chi connectivity index (χ1) is 6.26. The summed E-state index contributed by atoms with van der Waals surface area (Å²) >= 11 is 0. The van der Waals surface area contributed by atoms with Crippen molar-refractivity contribution in [3.05, 3.63) is 0 Å². The minimum Gasteiger partial charge on any atom is -0.379 e. The van der Waals surface area contributed by atoms with E-state index in [1.807, 2.05) is 14.0 Å². The van der Waals surface area contributed by atoms with Crippen molar-refractivity contribution in [3.8, 4) is 0 Å². The van der Waals surface area contributed by atoms with Crippen molar-refractivity contribution in [2.24, 2.45) is 0 Å². The summed E-state index contributed by atoms with van der Waals surface area (Å²) in [6, 6.07) is 0.671. The maximum absolute atomic E-state index is 5.76. The monoisotopic (exact) mass is 187 g/mol. The molecule has 78 valence electrons. The highest BCUT2D eigenvalue weighted by Gasteiger charge is 2.29. The maximum Gasteiger partial charge on any atom is 0.0784 e. The average molecular weight is 187 g/mol. The summed E-state index contributed by atoms with van der Waals surface area (Å²) in [5, 5.41) is 3.24. The highest BCUT2D eigenvalue weighted by Crippen LogP contribution is 2.24. The van der Waals surface area contributed by atoms with Gasteiger partial charge in [0.1, 0.15) is 0 Å². The zero-order valence-electron chi connectivity index (χ0n) is 8.88. The Kier molecular flexibility index (Phi) is 4.70. The van der Waals surface area contributed by atoms with E-state index in [-0.39, 0.29) is 6.10 Å². The van der Waals surface area contributed by atoms with Crippen LogP contribution in [0.3, 0.4) is 0 Å². The van der Waals surface area contributed by atoms with Crippen LogP contribution in [0.5, 0.6) is 0 Å². The third-order valence-electron chi connectivity index (χ3n) is 2.48. The van der Waals surface area contributed by atoms with Gasteiger partial charge in [0.15, 0.2) is 0 Å². The fourth-order valence-electron chi connectivity index (χ4n) is 1.56. The molecule has 0 spiro atoms. The first-order valence-electron chi connectivity index (χ1n) is 5.16. The van der Waals surface area contributed by atoms with Crippen LogP contribution in [-0.2, 0) is 9.47 Å². The summed E-state index contributed by atoms with van der Waals surface area (Å²) in [7, 11) is 2.00. The highest BCUT2D eigenvalue weighted by atomic mass is 16.5. The summed E-state index contributed by atoms with van der Waals surface area (Å²) < 4.78 is 11.0. The van der Waals surface area contributed by atoms with Crippen LogP contribution >= 0.6 is 0 Å². The minimum absolute atomic E-state index is 0.239. The van der Waals surface area contributed by atoms with Crippen LogP contribution in [0, 0.1) is 0 Å². The number of nitrogens with one attached hydrogen (secondary N) is 1. The van der Waals surface area contributed by atoms with Crippen molar-refractivity contribution in [1.82, 2.24) is 5.32 Å². The second-order valence-electron chi connectivity index (χ2n) is 3.69. The lowest BCUT2D eigenvalue weighted by atomic mass is 9.89. The Balaban J connectivity index is 1.99. The maximum atomic E-state index is 5.76. The molecule has 0 saturated heterocycles. The Labute approximate surface area is 80.8 Å². The van der Waals surface area contributed by atoms with Gasteiger partial charge in [0.05, 0.1) is 18.8 Å². The van der Waals surface area contributed by atoms with Gasteiger partial charge < -0.3 is 14.8 Å². The van der Waals surface area contributed by atoms with Crippen LogP contribution in [0.15, 0.2) is 0 Å². The molecule has 1 fully saturated rings. The Morgan fingerprint density at radius 3 is 2.69 bits per heavy atom. The van der Waals surface area contributed by atoms with E-state index in [9.17, 15) is 0 Å². The van der Waals surface area contributed by atoms with E-state index in [1.165, 1.54) is 0 Å². The topological polar surface area (TPSA) is 30.5 Å². The van der Waals surface area contributed by atoms with Crippen LogP contribution in [0.1, 0.15) is 26.7 Å². The molecule has 0 aliphatic heterocycles. The third kappa shape index (κ3) is 3.63. The molecule has 1 aliphatic rings. The molecule has 1 aliphatic carbocycles. The van der Waals surface area contributed by atoms with Crippen molar-refractivity contribution in [1.29, 1.82) is 0 Å². The molecule has 1 rings (SSSR count). The summed E-state index contributed by atoms with van der Waals surface area (Å²) in [6.45, 7) is 5.57. The molecule has 0 bridgehead atoms. The Bertz CT molecular complexity index is 132. The van der Waals surface area contributed by atoms with Crippen LogP contribution in [-0.4, -0.2) is 38.5 Å². The third-order valence-corrected chi connectivity index (χ3v) is 2.48. The molecule has 0 aromatic rings. The van der Waals surface area contributed by atoms with Gasteiger partial charge in [-0.05, 0) is 33.7 Å². The van der Waals surface area contributed by atoms with E-state index < -0.39 is 0 Å². The molecule has 13 heavy (non-hydrogen) atoms.